The van der Waals surface area contributed by atoms with Crippen LogP contribution in [0.3, 0.4) is 0 Å². The number of benzene rings is 1. The third-order valence-electron chi connectivity index (χ3n) is 3.92. The van der Waals surface area contributed by atoms with Gasteiger partial charge in [-0.05, 0) is 25.3 Å². The molecule has 3 rings (SSSR count). The average Bonchev–Trinajstić information content (AvgIpc) is 2.84. The maximum absolute atomic E-state index is 5.75. The van der Waals surface area contributed by atoms with E-state index < -0.39 is 0 Å². The molecule has 1 heterocycles. The van der Waals surface area contributed by atoms with E-state index >= 15 is 0 Å². The van der Waals surface area contributed by atoms with Crippen LogP contribution < -0.4 is 0 Å². The van der Waals surface area contributed by atoms with Crippen molar-refractivity contribution in [1.82, 2.24) is 0 Å². The molecule has 1 aromatic rings. The maximum atomic E-state index is 5.75. The number of allylic oxidation sites excluding steroid dienone is 1. The zero-order valence-electron chi connectivity index (χ0n) is 10.9. The summed E-state index contributed by atoms with van der Waals surface area (Å²) in [5.41, 5.74) is 4.14. The van der Waals surface area contributed by atoms with E-state index in [-0.39, 0.29) is 5.79 Å². The summed E-state index contributed by atoms with van der Waals surface area (Å²) in [6.07, 6.45) is 6.51. The summed E-state index contributed by atoms with van der Waals surface area (Å²) >= 11 is 0. The van der Waals surface area contributed by atoms with Gasteiger partial charge in [0.05, 0.1) is 13.2 Å². The predicted octanol–water partition coefficient (Wildman–Crippen LogP) is 3.70. The smallest absolute Gasteiger partial charge is 0.169 e. The zero-order chi connectivity index (χ0) is 12.4. The van der Waals surface area contributed by atoms with Gasteiger partial charge in [-0.3, -0.25) is 0 Å². The first-order chi connectivity index (χ1) is 8.76. The Kier molecular flexibility index (Phi) is 3.23. The summed E-state index contributed by atoms with van der Waals surface area (Å²) in [7, 11) is 0. The van der Waals surface area contributed by atoms with Crippen molar-refractivity contribution in [3.8, 4) is 0 Å². The molecule has 2 nitrogen and oxygen atoms in total. The van der Waals surface area contributed by atoms with Gasteiger partial charge in [0, 0.05) is 12.8 Å². The highest BCUT2D eigenvalue weighted by Crippen LogP contribution is 2.38. The minimum Gasteiger partial charge on any atom is -0.348 e. The molecule has 1 spiro atoms. The van der Waals surface area contributed by atoms with E-state index in [1.54, 1.807) is 0 Å². The highest BCUT2D eigenvalue weighted by molar-refractivity contribution is 5.53. The fourth-order valence-corrected chi connectivity index (χ4v) is 2.78. The second kappa shape index (κ2) is 4.87. The van der Waals surface area contributed by atoms with E-state index in [9.17, 15) is 0 Å². The standard InChI is InChI=1S/C16H20O2/c1-13-2-4-14(5-3-13)12-15-6-8-16(9-7-15)17-10-11-18-16/h2-5,12H,6-11H2,1H3. The van der Waals surface area contributed by atoms with Gasteiger partial charge in [0.1, 0.15) is 0 Å². The van der Waals surface area contributed by atoms with Crippen molar-refractivity contribution in [3.63, 3.8) is 0 Å². The van der Waals surface area contributed by atoms with Gasteiger partial charge in [0.15, 0.2) is 5.79 Å². The fourth-order valence-electron chi connectivity index (χ4n) is 2.78. The summed E-state index contributed by atoms with van der Waals surface area (Å²) < 4.78 is 11.5. The first kappa shape index (κ1) is 11.9. The molecule has 96 valence electrons. The lowest BCUT2D eigenvalue weighted by Crippen LogP contribution is -2.33. The molecule has 0 N–H and O–H groups in total. The van der Waals surface area contributed by atoms with E-state index in [2.05, 4.69) is 37.3 Å². The summed E-state index contributed by atoms with van der Waals surface area (Å²) in [4.78, 5) is 0. The minimum absolute atomic E-state index is 0.245. The number of rotatable bonds is 1. The molecule has 2 fully saturated rings. The Labute approximate surface area is 109 Å². The lowest BCUT2D eigenvalue weighted by Gasteiger charge is -2.32. The van der Waals surface area contributed by atoms with Crippen molar-refractivity contribution < 1.29 is 9.47 Å². The van der Waals surface area contributed by atoms with Gasteiger partial charge in [0.2, 0.25) is 0 Å². The summed E-state index contributed by atoms with van der Waals surface area (Å²) in [5, 5.41) is 0. The van der Waals surface area contributed by atoms with Crippen molar-refractivity contribution in [3.05, 3.63) is 41.0 Å². The fraction of sp³-hybridized carbons (Fsp3) is 0.500. The van der Waals surface area contributed by atoms with Gasteiger partial charge in [-0.25, -0.2) is 0 Å². The van der Waals surface area contributed by atoms with Crippen LogP contribution in [0.4, 0.5) is 0 Å². The van der Waals surface area contributed by atoms with Crippen molar-refractivity contribution >= 4 is 6.08 Å². The Morgan fingerprint density at radius 2 is 1.61 bits per heavy atom. The molecule has 1 saturated heterocycles. The van der Waals surface area contributed by atoms with Crippen LogP contribution in [0.2, 0.25) is 0 Å². The highest BCUT2D eigenvalue weighted by Gasteiger charge is 2.38. The molecular weight excluding hydrogens is 224 g/mol. The van der Waals surface area contributed by atoms with Crippen LogP contribution in [0.25, 0.3) is 6.08 Å². The van der Waals surface area contributed by atoms with Crippen molar-refractivity contribution in [2.24, 2.45) is 0 Å². The van der Waals surface area contributed by atoms with Crippen LogP contribution in [-0.4, -0.2) is 19.0 Å². The largest absolute Gasteiger partial charge is 0.348 e. The minimum atomic E-state index is -0.245. The van der Waals surface area contributed by atoms with Crippen molar-refractivity contribution in [2.75, 3.05) is 13.2 Å². The molecule has 0 amide bonds. The molecular formula is C16H20O2. The van der Waals surface area contributed by atoms with Crippen LogP contribution in [0.15, 0.2) is 29.8 Å². The second-order valence-electron chi connectivity index (χ2n) is 5.32. The van der Waals surface area contributed by atoms with Crippen LogP contribution in [0.5, 0.6) is 0 Å². The van der Waals surface area contributed by atoms with Gasteiger partial charge in [-0.1, -0.05) is 41.5 Å². The molecule has 1 saturated carbocycles. The molecule has 1 aliphatic carbocycles. The van der Waals surface area contributed by atoms with E-state index in [1.807, 2.05) is 0 Å². The Morgan fingerprint density at radius 3 is 2.22 bits per heavy atom. The molecule has 2 aliphatic rings. The third-order valence-corrected chi connectivity index (χ3v) is 3.92. The highest BCUT2D eigenvalue weighted by atomic mass is 16.7. The monoisotopic (exact) mass is 244 g/mol. The first-order valence-electron chi connectivity index (χ1n) is 6.80. The lowest BCUT2D eigenvalue weighted by atomic mass is 9.88. The number of hydrogen-bond acceptors (Lipinski definition) is 2. The Morgan fingerprint density at radius 1 is 1.00 bits per heavy atom. The predicted molar refractivity (Wildman–Crippen MR) is 72.3 cm³/mol. The molecule has 1 aliphatic heterocycles. The normalized spacial score (nSPS) is 22.4. The van der Waals surface area contributed by atoms with Crippen LogP contribution >= 0.6 is 0 Å². The Bertz CT molecular complexity index is 427. The van der Waals surface area contributed by atoms with Crippen molar-refractivity contribution in [1.29, 1.82) is 0 Å². The van der Waals surface area contributed by atoms with Crippen LogP contribution in [0, 0.1) is 6.92 Å². The number of aryl methyl sites for hydroxylation is 1. The van der Waals surface area contributed by atoms with Gasteiger partial charge >= 0.3 is 0 Å². The Hall–Kier alpha value is -1.12. The van der Waals surface area contributed by atoms with Crippen LogP contribution in [0.1, 0.15) is 36.8 Å². The lowest BCUT2D eigenvalue weighted by molar-refractivity contribution is -0.171. The third kappa shape index (κ3) is 2.50. The van der Waals surface area contributed by atoms with Gasteiger partial charge < -0.3 is 9.47 Å². The molecule has 2 heteroatoms. The summed E-state index contributed by atoms with van der Waals surface area (Å²) in [6.45, 7) is 3.64. The molecule has 0 atom stereocenters. The zero-order valence-corrected chi connectivity index (χ0v) is 10.9. The van der Waals surface area contributed by atoms with Gasteiger partial charge in [-0.15, -0.1) is 0 Å². The number of ether oxygens (including phenoxy) is 2. The van der Waals surface area contributed by atoms with E-state index in [0.717, 1.165) is 38.9 Å². The molecule has 0 unspecified atom stereocenters. The SMILES string of the molecule is Cc1ccc(C=C2CCC3(CC2)OCCO3)cc1. The van der Waals surface area contributed by atoms with E-state index in [0.29, 0.717) is 0 Å². The van der Waals surface area contributed by atoms with E-state index in [4.69, 9.17) is 9.47 Å². The molecule has 0 bridgehead atoms. The summed E-state index contributed by atoms with van der Waals surface area (Å²) in [5.74, 6) is -0.245. The number of hydrogen-bond donors (Lipinski definition) is 0. The Balaban J connectivity index is 1.67. The topological polar surface area (TPSA) is 18.5 Å². The average molecular weight is 244 g/mol. The second-order valence-corrected chi connectivity index (χ2v) is 5.32. The quantitative estimate of drug-likeness (QED) is 0.750. The molecule has 0 aromatic heterocycles. The molecule has 18 heavy (non-hydrogen) atoms. The summed E-state index contributed by atoms with van der Waals surface area (Å²) in [6, 6.07) is 8.71. The van der Waals surface area contributed by atoms with Crippen LogP contribution in [-0.2, 0) is 9.47 Å². The van der Waals surface area contributed by atoms with Crippen molar-refractivity contribution in [2.45, 2.75) is 38.4 Å². The first-order valence-corrected chi connectivity index (χ1v) is 6.80. The maximum Gasteiger partial charge on any atom is 0.169 e. The molecule has 1 aromatic carbocycles. The van der Waals surface area contributed by atoms with E-state index in [1.165, 1.54) is 16.7 Å². The molecule has 0 radical (unpaired) electrons. The van der Waals surface area contributed by atoms with Gasteiger partial charge in [-0.2, -0.15) is 0 Å². The van der Waals surface area contributed by atoms with Gasteiger partial charge in [0.25, 0.3) is 0 Å².